The second kappa shape index (κ2) is 7.05. The highest BCUT2D eigenvalue weighted by Gasteiger charge is 2.16. The number of nitrogens with zero attached hydrogens (tertiary/aromatic N) is 2. The van der Waals surface area contributed by atoms with Gasteiger partial charge >= 0.3 is 5.97 Å². The Hall–Kier alpha value is -1.30. The van der Waals surface area contributed by atoms with Crippen molar-refractivity contribution < 1.29 is 9.90 Å². The maximum absolute atomic E-state index is 10.6. The standard InChI is InChI=1S/C9H20N4O2/c1-3-13(2)7(6-8(14)15)4-5-12-9(10)11/h7H,3-6H2,1-2H3,(H,14,15)(H4,10,11,12). The first kappa shape index (κ1) is 13.7. The summed E-state index contributed by atoms with van der Waals surface area (Å²) in [5.41, 5.74) is 10.4. The molecule has 0 fully saturated rings. The summed E-state index contributed by atoms with van der Waals surface area (Å²) < 4.78 is 0. The Labute approximate surface area is 89.9 Å². The minimum Gasteiger partial charge on any atom is -0.481 e. The molecular weight excluding hydrogens is 196 g/mol. The lowest BCUT2D eigenvalue weighted by Gasteiger charge is -2.24. The van der Waals surface area contributed by atoms with Crippen LogP contribution in [0.15, 0.2) is 4.99 Å². The van der Waals surface area contributed by atoms with Crippen molar-refractivity contribution in [3.63, 3.8) is 0 Å². The normalized spacial score (nSPS) is 12.5. The molecule has 0 amide bonds. The SMILES string of the molecule is CCN(C)C(CCN=C(N)N)CC(=O)O. The van der Waals surface area contributed by atoms with Crippen LogP contribution in [0.3, 0.4) is 0 Å². The quantitative estimate of drug-likeness (QED) is 0.391. The van der Waals surface area contributed by atoms with Crippen LogP contribution in [0.4, 0.5) is 0 Å². The van der Waals surface area contributed by atoms with Gasteiger partial charge in [0.05, 0.1) is 6.42 Å². The molecular formula is C9H20N4O2. The number of carboxylic acids is 1. The van der Waals surface area contributed by atoms with Crippen LogP contribution in [0.2, 0.25) is 0 Å². The van der Waals surface area contributed by atoms with E-state index in [2.05, 4.69) is 4.99 Å². The fourth-order valence-electron chi connectivity index (χ4n) is 1.28. The van der Waals surface area contributed by atoms with Gasteiger partial charge in [-0.25, -0.2) is 0 Å². The highest BCUT2D eigenvalue weighted by Crippen LogP contribution is 2.06. The lowest BCUT2D eigenvalue weighted by Crippen LogP contribution is -2.34. The molecule has 0 aromatic rings. The molecule has 0 heterocycles. The van der Waals surface area contributed by atoms with Crippen molar-refractivity contribution in [3.8, 4) is 0 Å². The van der Waals surface area contributed by atoms with Gasteiger partial charge in [0, 0.05) is 12.6 Å². The molecule has 0 saturated carbocycles. The number of aliphatic carboxylic acids is 1. The van der Waals surface area contributed by atoms with Gasteiger partial charge in [0.15, 0.2) is 5.96 Å². The maximum atomic E-state index is 10.6. The predicted octanol–water partition coefficient (Wildman–Crippen LogP) is -0.555. The van der Waals surface area contributed by atoms with E-state index < -0.39 is 5.97 Å². The predicted molar refractivity (Wildman–Crippen MR) is 59.6 cm³/mol. The number of hydrogen-bond donors (Lipinski definition) is 3. The Morgan fingerprint density at radius 2 is 2.13 bits per heavy atom. The fourth-order valence-corrected chi connectivity index (χ4v) is 1.28. The van der Waals surface area contributed by atoms with E-state index in [0.717, 1.165) is 6.54 Å². The summed E-state index contributed by atoms with van der Waals surface area (Å²) in [5, 5.41) is 8.72. The molecule has 6 heteroatoms. The first-order valence-electron chi connectivity index (χ1n) is 4.94. The molecule has 0 saturated heterocycles. The summed E-state index contributed by atoms with van der Waals surface area (Å²) in [4.78, 5) is 16.4. The molecule has 0 rings (SSSR count). The van der Waals surface area contributed by atoms with Gasteiger partial charge in [0.1, 0.15) is 0 Å². The number of rotatable bonds is 7. The maximum Gasteiger partial charge on any atom is 0.304 e. The molecule has 0 aliphatic carbocycles. The largest absolute Gasteiger partial charge is 0.481 e. The lowest BCUT2D eigenvalue weighted by molar-refractivity contribution is -0.138. The zero-order valence-corrected chi connectivity index (χ0v) is 9.31. The van der Waals surface area contributed by atoms with E-state index in [9.17, 15) is 4.79 Å². The van der Waals surface area contributed by atoms with Crippen molar-refractivity contribution >= 4 is 11.9 Å². The molecule has 15 heavy (non-hydrogen) atoms. The summed E-state index contributed by atoms with van der Waals surface area (Å²) in [5.74, 6) is -0.756. The second-order valence-corrected chi connectivity index (χ2v) is 3.42. The van der Waals surface area contributed by atoms with Crippen molar-refractivity contribution in [1.82, 2.24) is 4.90 Å². The van der Waals surface area contributed by atoms with Crippen molar-refractivity contribution in [1.29, 1.82) is 0 Å². The highest BCUT2D eigenvalue weighted by atomic mass is 16.4. The Balaban J connectivity index is 4.12. The Bertz CT molecular complexity index is 226. The van der Waals surface area contributed by atoms with Gasteiger partial charge in [-0.15, -0.1) is 0 Å². The van der Waals surface area contributed by atoms with E-state index in [0.29, 0.717) is 13.0 Å². The summed E-state index contributed by atoms with van der Waals surface area (Å²) in [6, 6.07) is -0.0180. The Morgan fingerprint density at radius 3 is 2.53 bits per heavy atom. The zero-order valence-electron chi connectivity index (χ0n) is 9.31. The summed E-state index contributed by atoms with van der Waals surface area (Å²) in [6.07, 6.45) is 0.763. The number of hydrogen-bond acceptors (Lipinski definition) is 3. The summed E-state index contributed by atoms with van der Waals surface area (Å²) in [7, 11) is 1.89. The molecule has 0 aromatic carbocycles. The molecule has 0 aliphatic heterocycles. The first-order valence-corrected chi connectivity index (χ1v) is 4.94. The van der Waals surface area contributed by atoms with Crippen molar-refractivity contribution in [2.24, 2.45) is 16.5 Å². The van der Waals surface area contributed by atoms with Crippen molar-refractivity contribution in [2.75, 3.05) is 20.1 Å². The third kappa shape index (κ3) is 6.73. The minimum absolute atomic E-state index is 0.0180. The van der Waals surface area contributed by atoms with Crippen LogP contribution in [0.5, 0.6) is 0 Å². The monoisotopic (exact) mass is 216 g/mol. The average molecular weight is 216 g/mol. The van der Waals surface area contributed by atoms with E-state index >= 15 is 0 Å². The Morgan fingerprint density at radius 1 is 1.53 bits per heavy atom. The van der Waals surface area contributed by atoms with E-state index in [1.165, 1.54) is 0 Å². The third-order valence-electron chi connectivity index (χ3n) is 2.29. The van der Waals surface area contributed by atoms with E-state index in [1.807, 2.05) is 18.9 Å². The molecule has 1 unspecified atom stereocenters. The lowest BCUT2D eigenvalue weighted by atomic mass is 10.1. The van der Waals surface area contributed by atoms with Crippen LogP contribution in [-0.4, -0.2) is 48.1 Å². The van der Waals surface area contributed by atoms with Crippen LogP contribution in [0.1, 0.15) is 19.8 Å². The minimum atomic E-state index is -0.801. The van der Waals surface area contributed by atoms with E-state index in [4.69, 9.17) is 16.6 Å². The number of guanidine groups is 1. The first-order chi connectivity index (χ1) is 6.97. The van der Waals surface area contributed by atoms with Crippen LogP contribution in [0, 0.1) is 0 Å². The molecule has 0 spiro atoms. The van der Waals surface area contributed by atoms with Gasteiger partial charge < -0.3 is 21.5 Å². The summed E-state index contributed by atoms with van der Waals surface area (Å²) in [6.45, 7) is 3.25. The van der Waals surface area contributed by atoms with Crippen LogP contribution in [0.25, 0.3) is 0 Å². The van der Waals surface area contributed by atoms with Crippen LogP contribution < -0.4 is 11.5 Å². The number of nitrogens with two attached hydrogens (primary N) is 2. The number of carbonyl (C=O) groups is 1. The van der Waals surface area contributed by atoms with Gasteiger partial charge in [0.25, 0.3) is 0 Å². The smallest absolute Gasteiger partial charge is 0.304 e. The summed E-state index contributed by atoms with van der Waals surface area (Å²) >= 11 is 0. The van der Waals surface area contributed by atoms with Crippen LogP contribution >= 0.6 is 0 Å². The Kier molecular flexibility index (Phi) is 6.44. The van der Waals surface area contributed by atoms with E-state index in [1.54, 1.807) is 0 Å². The number of aliphatic imine (C=N–C) groups is 1. The van der Waals surface area contributed by atoms with Crippen LogP contribution in [-0.2, 0) is 4.79 Å². The van der Waals surface area contributed by atoms with Crippen molar-refractivity contribution in [2.45, 2.75) is 25.8 Å². The average Bonchev–Trinajstić information content (AvgIpc) is 2.14. The van der Waals surface area contributed by atoms with Gasteiger partial charge in [-0.3, -0.25) is 9.79 Å². The molecule has 5 N–H and O–H groups in total. The molecule has 0 radical (unpaired) electrons. The number of carboxylic acid groups (broad SMARTS) is 1. The van der Waals surface area contributed by atoms with E-state index in [-0.39, 0.29) is 18.4 Å². The van der Waals surface area contributed by atoms with Gasteiger partial charge in [-0.2, -0.15) is 0 Å². The van der Waals surface area contributed by atoms with Gasteiger partial charge in [0.2, 0.25) is 0 Å². The molecule has 0 aromatic heterocycles. The fraction of sp³-hybridized carbons (Fsp3) is 0.778. The topological polar surface area (TPSA) is 105 Å². The van der Waals surface area contributed by atoms with Gasteiger partial charge in [-0.05, 0) is 20.0 Å². The van der Waals surface area contributed by atoms with Crippen molar-refractivity contribution in [3.05, 3.63) is 0 Å². The molecule has 1 atom stereocenters. The molecule has 6 nitrogen and oxygen atoms in total. The molecule has 88 valence electrons. The highest BCUT2D eigenvalue weighted by molar-refractivity contribution is 5.75. The second-order valence-electron chi connectivity index (χ2n) is 3.42. The zero-order chi connectivity index (χ0) is 11.8. The molecule has 0 bridgehead atoms. The van der Waals surface area contributed by atoms with Gasteiger partial charge in [-0.1, -0.05) is 6.92 Å². The third-order valence-corrected chi connectivity index (χ3v) is 2.29. The molecule has 0 aliphatic rings.